The first-order valence-corrected chi connectivity index (χ1v) is 6.96. The third-order valence-electron chi connectivity index (χ3n) is 2.84. The number of hydrogen-bond donors (Lipinski definition) is 1. The first-order valence-electron chi connectivity index (χ1n) is 6.14. The van der Waals surface area contributed by atoms with Crippen LogP contribution in [-0.2, 0) is 13.0 Å². The monoisotopic (exact) mass is 276 g/mol. The second kappa shape index (κ2) is 5.89. The average molecular weight is 276 g/mol. The summed E-state index contributed by atoms with van der Waals surface area (Å²) in [6, 6.07) is 9.93. The second-order valence-electron chi connectivity index (χ2n) is 4.31. The number of ether oxygens (including phenoxy) is 1. The molecular weight excluding hydrogens is 260 g/mol. The van der Waals surface area contributed by atoms with Gasteiger partial charge in [0.05, 0.1) is 0 Å². The number of carboxylic acid groups (broad SMARTS) is 1. The SMILES string of the molecule is CCc1ccc(COc2cc(C)sc2C(=O)O)cc1. The van der Waals surface area contributed by atoms with Gasteiger partial charge in [-0.25, -0.2) is 4.79 Å². The van der Waals surface area contributed by atoms with E-state index in [1.54, 1.807) is 6.07 Å². The Kier molecular flexibility index (Phi) is 4.22. The predicted octanol–water partition coefficient (Wildman–Crippen LogP) is 3.90. The molecule has 0 spiro atoms. The molecule has 2 rings (SSSR count). The van der Waals surface area contributed by atoms with E-state index in [1.165, 1.54) is 16.9 Å². The first-order chi connectivity index (χ1) is 9.10. The Morgan fingerprint density at radius 3 is 2.47 bits per heavy atom. The molecule has 1 aromatic heterocycles. The van der Waals surface area contributed by atoms with Crippen LogP contribution in [0.4, 0.5) is 0 Å². The number of carbonyl (C=O) groups is 1. The largest absolute Gasteiger partial charge is 0.487 e. The molecule has 0 bridgehead atoms. The number of benzene rings is 1. The number of aromatic carboxylic acids is 1. The Hall–Kier alpha value is -1.81. The van der Waals surface area contributed by atoms with Crippen LogP contribution in [-0.4, -0.2) is 11.1 Å². The summed E-state index contributed by atoms with van der Waals surface area (Å²) in [6.45, 7) is 4.37. The van der Waals surface area contributed by atoms with Crippen LogP contribution in [0.25, 0.3) is 0 Å². The zero-order chi connectivity index (χ0) is 13.8. The molecule has 0 radical (unpaired) electrons. The molecule has 0 saturated heterocycles. The average Bonchev–Trinajstić information content (AvgIpc) is 2.78. The van der Waals surface area contributed by atoms with E-state index in [9.17, 15) is 4.79 Å². The van der Waals surface area contributed by atoms with Gasteiger partial charge < -0.3 is 9.84 Å². The molecule has 0 saturated carbocycles. The van der Waals surface area contributed by atoms with E-state index in [-0.39, 0.29) is 4.88 Å². The van der Waals surface area contributed by atoms with Gasteiger partial charge in [-0.1, -0.05) is 31.2 Å². The van der Waals surface area contributed by atoms with Crippen LogP contribution in [0.3, 0.4) is 0 Å². The second-order valence-corrected chi connectivity index (χ2v) is 5.57. The van der Waals surface area contributed by atoms with Crippen molar-refractivity contribution in [3.63, 3.8) is 0 Å². The van der Waals surface area contributed by atoms with Crippen molar-refractivity contribution in [1.82, 2.24) is 0 Å². The fourth-order valence-electron chi connectivity index (χ4n) is 1.78. The maximum atomic E-state index is 11.1. The number of aryl methyl sites for hydroxylation is 2. The van der Waals surface area contributed by atoms with Gasteiger partial charge in [-0.15, -0.1) is 11.3 Å². The number of rotatable bonds is 5. The highest BCUT2D eigenvalue weighted by Gasteiger charge is 2.15. The zero-order valence-electron chi connectivity index (χ0n) is 11.0. The quantitative estimate of drug-likeness (QED) is 0.901. The summed E-state index contributed by atoms with van der Waals surface area (Å²) in [5.41, 5.74) is 2.32. The summed E-state index contributed by atoms with van der Waals surface area (Å²) < 4.78 is 5.61. The van der Waals surface area contributed by atoms with Crippen LogP contribution in [0.2, 0.25) is 0 Å². The van der Waals surface area contributed by atoms with Gasteiger partial charge >= 0.3 is 5.97 Å². The van der Waals surface area contributed by atoms with Crippen molar-refractivity contribution in [3.8, 4) is 5.75 Å². The molecule has 0 atom stereocenters. The lowest BCUT2D eigenvalue weighted by Gasteiger charge is -2.06. The number of hydrogen-bond acceptors (Lipinski definition) is 3. The van der Waals surface area contributed by atoms with Gasteiger partial charge in [0.15, 0.2) is 4.88 Å². The molecule has 1 aromatic carbocycles. The van der Waals surface area contributed by atoms with Gasteiger partial charge in [-0.3, -0.25) is 0 Å². The van der Waals surface area contributed by atoms with Gasteiger partial charge in [-0.2, -0.15) is 0 Å². The minimum atomic E-state index is -0.936. The lowest BCUT2D eigenvalue weighted by Crippen LogP contribution is -2.00. The van der Waals surface area contributed by atoms with Crippen molar-refractivity contribution < 1.29 is 14.6 Å². The molecule has 0 aliphatic rings. The van der Waals surface area contributed by atoms with E-state index < -0.39 is 5.97 Å². The smallest absolute Gasteiger partial charge is 0.349 e. The highest BCUT2D eigenvalue weighted by molar-refractivity contribution is 7.14. The zero-order valence-corrected chi connectivity index (χ0v) is 11.8. The maximum Gasteiger partial charge on any atom is 0.349 e. The van der Waals surface area contributed by atoms with Gasteiger partial charge in [0.2, 0.25) is 0 Å². The van der Waals surface area contributed by atoms with E-state index in [0.29, 0.717) is 12.4 Å². The minimum absolute atomic E-state index is 0.266. The highest BCUT2D eigenvalue weighted by Crippen LogP contribution is 2.29. The minimum Gasteiger partial charge on any atom is -0.487 e. The summed E-state index contributed by atoms with van der Waals surface area (Å²) in [7, 11) is 0. The van der Waals surface area contributed by atoms with Gasteiger partial charge in [-0.05, 0) is 30.5 Å². The lowest BCUT2D eigenvalue weighted by atomic mass is 10.1. The Balaban J connectivity index is 2.07. The summed E-state index contributed by atoms with van der Waals surface area (Å²) in [5.74, 6) is -0.482. The van der Waals surface area contributed by atoms with Gasteiger partial charge in [0.1, 0.15) is 12.4 Å². The summed E-state index contributed by atoms with van der Waals surface area (Å²) in [5, 5.41) is 9.07. The molecule has 2 aromatic rings. The molecule has 0 aliphatic carbocycles. The fourth-order valence-corrected chi connectivity index (χ4v) is 2.57. The molecule has 0 aliphatic heterocycles. The van der Waals surface area contributed by atoms with E-state index in [2.05, 4.69) is 19.1 Å². The molecule has 1 heterocycles. The van der Waals surface area contributed by atoms with Crippen LogP contribution >= 0.6 is 11.3 Å². The van der Waals surface area contributed by atoms with Crippen molar-refractivity contribution >= 4 is 17.3 Å². The predicted molar refractivity (Wildman–Crippen MR) is 76.2 cm³/mol. The third-order valence-corrected chi connectivity index (χ3v) is 3.86. The summed E-state index contributed by atoms with van der Waals surface area (Å²) in [4.78, 5) is 12.3. The fraction of sp³-hybridized carbons (Fsp3) is 0.267. The van der Waals surface area contributed by atoms with Crippen molar-refractivity contribution in [1.29, 1.82) is 0 Å². The molecular formula is C15H16O3S. The molecule has 4 heteroatoms. The molecule has 100 valence electrons. The summed E-state index contributed by atoms with van der Waals surface area (Å²) >= 11 is 1.24. The Bertz CT molecular complexity index is 570. The van der Waals surface area contributed by atoms with E-state index in [4.69, 9.17) is 9.84 Å². The maximum absolute atomic E-state index is 11.1. The van der Waals surface area contributed by atoms with E-state index in [0.717, 1.165) is 16.9 Å². The van der Waals surface area contributed by atoms with Crippen molar-refractivity contribution in [3.05, 3.63) is 51.2 Å². The molecule has 3 nitrogen and oxygen atoms in total. The summed E-state index contributed by atoms with van der Waals surface area (Å²) in [6.07, 6.45) is 1.01. The number of thiophene rings is 1. The Labute approximate surface area is 116 Å². The van der Waals surface area contributed by atoms with Crippen molar-refractivity contribution in [2.75, 3.05) is 0 Å². The Morgan fingerprint density at radius 1 is 1.26 bits per heavy atom. The topological polar surface area (TPSA) is 46.5 Å². The molecule has 0 unspecified atom stereocenters. The van der Waals surface area contributed by atoms with E-state index in [1.807, 2.05) is 19.1 Å². The van der Waals surface area contributed by atoms with Crippen LogP contribution in [0.15, 0.2) is 30.3 Å². The molecule has 1 N–H and O–H groups in total. The van der Waals surface area contributed by atoms with E-state index >= 15 is 0 Å². The van der Waals surface area contributed by atoms with Gasteiger partial charge in [0.25, 0.3) is 0 Å². The highest BCUT2D eigenvalue weighted by atomic mass is 32.1. The molecule has 0 fully saturated rings. The standard InChI is InChI=1S/C15H16O3S/c1-3-11-4-6-12(7-5-11)9-18-13-8-10(2)19-14(13)15(16)17/h4-8H,3,9H2,1-2H3,(H,16,17). The van der Waals surface area contributed by atoms with Crippen LogP contribution in [0, 0.1) is 6.92 Å². The lowest BCUT2D eigenvalue weighted by molar-refractivity contribution is 0.0697. The first kappa shape index (κ1) is 13.6. The normalized spacial score (nSPS) is 10.4. The molecule has 19 heavy (non-hydrogen) atoms. The third kappa shape index (κ3) is 3.35. The van der Waals surface area contributed by atoms with Crippen molar-refractivity contribution in [2.45, 2.75) is 26.9 Å². The van der Waals surface area contributed by atoms with Crippen LogP contribution in [0.5, 0.6) is 5.75 Å². The van der Waals surface area contributed by atoms with Gasteiger partial charge in [0, 0.05) is 4.88 Å². The molecule has 0 amide bonds. The Morgan fingerprint density at radius 2 is 1.89 bits per heavy atom. The van der Waals surface area contributed by atoms with Crippen LogP contribution < -0.4 is 4.74 Å². The van der Waals surface area contributed by atoms with Crippen molar-refractivity contribution in [2.24, 2.45) is 0 Å². The van der Waals surface area contributed by atoms with Crippen LogP contribution in [0.1, 0.15) is 32.6 Å². The number of carboxylic acids is 1.